The molecule has 16 heavy (non-hydrogen) atoms. The molecule has 3 N–H and O–H groups in total. The van der Waals surface area contributed by atoms with E-state index in [-0.39, 0.29) is 18.6 Å². The van der Waals surface area contributed by atoms with Crippen molar-refractivity contribution < 1.29 is 9.90 Å². The predicted molar refractivity (Wildman–Crippen MR) is 63.8 cm³/mol. The summed E-state index contributed by atoms with van der Waals surface area (Å²) in [4.78, 5) is 13.8. The van der Waals surface area contributed by atoms with E-state index in [1.54, 1.807) is 0 Å². The Morgan fingerprint density at radius 1 is 1.56 bits per heavy atom. The number of likely N-dealkylation sites (tertiary alicyclic amines) is 1. The second kappa shape index (κ2) is 6.21. The molecule has 4 nitrogen and oxygen atoms in total. The van der Waals surface area contributed by atoms with Crippen molar-refractivity contribution in [1.82, 2.24) is 4.90 Å². The molecule has 1 saturated heterocycles. The summed E-state index contributed by atoms with van der Waals surface area (Å²) in [7, 11) is 0. The van der Waals surface area contributed by atoms with E-state index in [0.29, 0.717) is 11.8 Å². The molecular formula is C12H24N2O2. The van der Waals surface area contributed by atoms with Gasteiger partial charge in [0.2, 0.25) is 5.91 Å². The third-order valence-corrected chi connectivity index (χ3v) is 3.18. The number of carbonyl (C=O) groups is 1. The van der Waals surface area contributed by atoms with Crippen molar-refractivity contribution in [2.24, 2.45) is 17.6 Å². The van der Waals surface area contributed by atoms with Crippen molar-refractivity contribution in [3.05, 3.63) is 0 Å². The summed E-state index contributed by atoms with van der Waals surface area (Å²) in [5, 5.41) is 8.85. The molecule has 0 aliphatic carbocycles. The molecule has 0 bridgehead atoms. The van der Waals surface area contributed by atoms with Gasteiger partial charge in [-0.05, 0) is 31.1 Å². The molecule has 1 fully saturated rings. The Hall–Kier alpha value is -0.610. The van der Waals surface area contributed by atoms with E-state index in [4.69, 9.17) is 10.8 Å². The van der Waals surface area contributed by atoms with E-state index in [1.165, 1.54) is 0 Å². The smallest absolute Gasteiger partial charge is 0.239 e. The standard InChI is InChI=1S/C12H24N2O2/c1-9(2)7-11(13)12(16)14-5-3-10(8-14)4-6-15/h9-11,15H,3-8,13H2,1-2H3. The second-order valence-electron chi connectivity index (χ2n) is 5.19. The van der Waals surface area contributed by atoms with Crippen LogP contribution in [0.25, 0.3) is 0 Å². The summed E-state index contributed by atoms with van der Waals surface area (Å²) in [6.45, 7) is 5.93. The molecule has 0 saturated carbocycles. The quantitative estimate of drug-likeness (QED) is 0.724. The number of hydrogen-bond donors (Lipinski definition) is 2. The average molecular weight is 228 g/mol. The van der Waals surface area contributed by atoms with Gasteiger partial charge >= 0.3 is 0 Å². The Morgan fingerprint density at radius 3 is 2.81 bits per heavy atom. The van der Waals surface area contributed by atoms with Gasteiger partial charge in [-0.1, -0.05) is 13.8 Å². The van der Waals surface area contributed by atoms with Crippen molar-refractivity contribution in [1.29, 1.82) is 0 Å². The first kappa shape index (κ1) is 13.5. The zero-order valence-electron chi connectivity index (χ0n) is 10.4. The Bertz CT molecular complexity index is 231. The van der Waals surface area contributed by atoms with Gasteiger partial charge in [-0.3, -0.25) is 4.79 Å². The summed E-state index contributed by atoms with van der Waals surface area (Å²) < 4.78 is 0. The zero-order chi connectivity index (χ0) is 12.1. The molecule has 0 spiro atoms. The predicted octanol–water partition coefficient (Wildman–Crippen LogP) is 0.591. The van der Waals surface area contributed by atoms with Crippen LogP contribution in [0, 0.1) is 11.8 Å². The normalized spacial score (nSPS) is 22.8. The zero-order valence-corrected chi connectivity index (χ0v) is 10.4. The summed E-state index contributed by atoms with van der Waals surface area (Å²) in [5.41, 5.74) is 5.88. The van der Waals surface area contributed by atoms with Crippen molar-refractivity contribution in [3.63, 3.8) is 0 Å². The molecule has 0 aromatic carbocycles. The van der Waals surface area contributed by atoms with E-state index in [2.05, 4.69) is 13.8 Å². The summed E-state index contributed by atoms with van der Waals surface area (Å²) in [6.07, 6.45) is 2.55. The summed E-state index contributed by atoms with van der Waals surface area (Å²) in [5.74, 6) is 0.990. The maximum Gasteiger partial charge on any atom is 0.239 e. The van der Waals surface area contributed by atoms with Gasteiger partial charge in [0.1, 0.15) is 0 Å². The van der Waals surface area contributed by atoms with Crippen LogP contribution in [0.5, 0.6) is 0 Å². The fourth-order valence-electron chi connectivity index (χ4n) is 2.29. The topological polar surface area (TPSA) is 66.6 Å². The van der Waals surface area contributed by atoms with Crippen molar-refractivity contribution >= 4 is 5.91 Å². The Balaban J connectivity index is 2.38. The first-order chi connectivity index (χ1) is 7.54. The van der Waals surface area contributed by atoms with E-state index >= 15 is 0 Å². The van der Waals surface area contributed by atoms with E-state index in [1.807, 2.05) is 4.90 Å². The first-order valence-electron chi connectivity index (χ1n) is 6.19. The molecule has 2 unspecified atom stereocenters. The lowest BCUT2D eigenvalue weighted by Gasteiger charge is -2.22. The number of nitrogens with two attached hydrogens (primary N) is 1. The highest BCUT2D eigenvalue weighted by Crippen LogP contribution is 2.20. The number of rotatable bonds is 5. The summed E-state index contributed by atoms with van der Waals surface area (Å²) in [6, 6.07) is -0.354. The van der Waals surface area contributed by atoms with Gasteiger partial charge in [0, 0.05) is 19.7 Å². The molecule has 0 radical (unpaired) electrons. The molecule has 1 amide bonds. The average Bonchev–Trinajstić information content (AvgIpc) is 2.64. The number of carbonyl (C=O) groups excluding carboxylic acids is 1. The molecular weight excluding hydrogens is 204 g/mol. The summed E-state index contributed by atoms with van der Waals surface area (Å²) >= 11 is 0. The lowest BCUT2D eigenvalue weighted by Crippen LogP contribution is -2.43. The number of amides is 1. The fourth-order valence-corrected chi connectivity index (χ4v) is 2.29. The van der Waals surface area contributed by atoms with Crippen LogP contribution in [-0.2, 0) is 4.79 Å². The van der Waals surface area contributed by atoms with Gasteiger partial charge in [0.15, 0.2) is 0 Å². The van der Waals surface area contributed by atoms with Crippen LogP contribution in [0.4, 0.5) is 0 Å². The second-order valence-corrected chi connectivity index (χ2v) is 5.19. The van der Waals surface area contributed by atoms with Gasteiger partial charge in [-0.2, -0.15) is 0 Å². The molecule has 2 atom stereocenters. The minimum absolute atomic E-state index is 0.0779. The monoisotopic (exact) mass is 228 g/mol. The van der Waals surface area contributed by atoms with Crippen LogP contribution in [0.3, 0.4) is 0 Å². The highest BCUT2D eigenvalue weighted by Gasteiger charge is 2.28. The number of nitrogens with zero attached hydrogens (tertiary/aromatic N) is 1. The molecule has 94 valence electrons. The van der Waals surface area contributed by atoms with Crippen LogP contribution in [0.15, 0.2) is 0 Å². The Kier molecular flexibility index (Phi) is 5.22. The van der Waals surface area contributed by atoms with Crippen molar-refractivity contribution in [2.75, 3.05) is 19.7 Å². The molecule has 0 aromatic heterocycles. The molecule has 1 aliphatic heterocycles. The fraction of sp³-hybridized carbons (Fsp3) is 0.917. The van der Waals surface area contributed by atoms with Gasteiger partial charge in [-0.15, -0.1) is 0 Å². The molecule has 0 aromatic rings. The largest absolute Gasteiger partial charge is 0.396 e. The molecule has 1 rings (SSSR count). The van der Waals surface area contributed by atoms with E-state index in [9.17, 15) is 4.79 Å². The number of hydrogen-bond acceptors (Lipinski definition) is 3. The van der Waals surface area contributed by atoms with Gasteiger partial charge in [0.05, 0.1) is 6.04 Å². The van der Waals surface area contributed by atoms with E-state index in [0.717, 1.165) is 32.4 Å². The minimum Gasteiger partial charge on any atom is -0.396 e. The molecule has 4 heteroatoms. The number of aliphatic hydroxyl groups excluding tert-OH is 1. The van der Waals surface area contributed by atoms with Crippen LogP contribution < -0.4 is 5.73 Å². The van der Waals surface area contributed by atoms with Crippen molar-refractivity contribution in [3.8, 4) is 0 Å². The minimum atomic E-state index is -0.354. The maximum atomic E-state index is 12.0. The molecule has 1 aliphatic rings. The van der Waals surface area contributed by atoms with Gasteiger partial charge < -0.3 is 15.7 Å². The lowest BCUT2D eigenvalue weighted by atomic mass is 10.0. The third kappa shape index (κ3) is 3.76. The van der Waals surface area contributed by atoms with Crippen LogP contribution in [0.1, 0.15) is 33.1 Å². The SMILES string of the molecule is CC(C)CC(N)C(=O)N1CCC(CCO)C1. The Morgan fingerprint density at radius 2 is 2.25 bits per heavy atom. The maximum absolute atomic E-state index is 12.0. The van der Waals surface area contributed by atoms with E-state index < -0.39 is 0 Å². The highest BCUT2D eigenvalue weighted by atomic mass is 16.3. The number of aliphatic hydroxyl groups is 1. The third-order valence-electron chi connectivity index (χ3n) is 3.18. The highest BCUT2D eigenvalue weighted by molar-refractivity contribution is 5.81. The lowest BCUT2D eigenvalue weighted by molar-refractivity contribution is -0.132. The van der Waals surface area contributed by atoms with Crippen molar-refractivity contribution in [2.45, 2.75) is 39.2 Å². The van der Waals surface area contributed by atoms with Crippen LogP contribution in [-0.4, -0.2) is 41.7 Å². The van der Waals surface area contributed by atoms with Crippen LogP contribution in [0.2, 0.25) is 0 Å². The van der Waals surface area contributed by atoms with Crippen LogP contribution >= 0.6 is 0 Å². The first-order valence-corrected chi connectivity index (χ1v) is 6.19. The Labute approximate surface area is 97.8 Å². The molecule has 1 heterocycles. The van der Waals surface area contributed by atoms with Gasteiger partial charge in [-0.25, -0.2) is 0 Å². The van der Waals surface area contributed by atoms with Gasteiger partial charge in [0.25, 0.3) is 0 Å².